The zero-order valence-corrected chi connectivity index (χ0v) is 12.5. The molecule has 0 saturated heterocycles. The molecule has 7 heavy (non-hydrogen) atoms. The third-order valence-electron chi connectivity index (χ3n) is 0. The van der Waals surface area contributed by atoms with Crippen LogP contribution in [0.25, 0.3) is 0 Å². The molecule has 0 aromatic carbocycles. The Balaban J connectivity index is 0. The number of hydrogen-bond donors (Lipinski definition) is 0. The van der Waals surface area contributed by atoms with Gasteiger partial charge in [-0.2, -0.15) is 0 Å². The molecule has 0 spiro atoms. The van der Waals surface area contributed by atoms with Gasteiger partial charge in [0.2, 0.25) is 0 Å². The Kier molecular flexibility index (Phi) is 350. The van der Waals surface area contributed by atoms with Crippen LogP contribution in [0, 0.1) is 0 Å². The second kappa shape index (κ2) is 43.2. The van der Waals surface area contributed by atoms with Gasteiger partial charge in [0.05, 0.1) is 0 Å². The van der Waals surface area contributed by atoms with Crippen molar-refractivity contribution in [3.8, 4) is 0 Å². The smallest absolute Gasteiger partial charge is 0 e. The first-order valence-electron chi connectivity index (χ1n) is 0. The van der Waals surface area contributed by atoms with Gasteiger partial charge in [-0.3, -0.25) is 0 Å². The van der Waals surface area contributed by atoms with Gasteiger partial charge in [0, 0.05) is 157 Å². The Hall–Kier alpha value is 5.18. The van der Waals surface area contributed by atoms with Crippen LogP contribution in [0.2, 0.25) is 0 Å². The zero-order chi connectivity index (χ0) is 0. The second-order valence-electron chi connectivity index (χ2n) is 0. The molecule has 0 amide bonds. The van der Waals surface area contributed by atoms with E-state index in [2.05, 4.69) is 0 Å². The third kappa shape index (κ3) is 35.1. The van der Waals surface area contributed by atoms with Crippen LogP contribution in [0.15, 0.2) is 0 Å². The minimum absolute atomic E-state index is 0. The molecular weight excluding hydrogens is 755 g/mol. The van der Waals surface area contributed by atoms with Crippen molar-refractivity contribution in [2.75, 3.05) is 0 Å². The van der Waals surface area contributed by atoms with E-state index in [0.29, 0.717) is 0 Å². The quantitative estimate of drug-likeness (QED) is 0.306. The van der Waals surface area contributed by atoms with Gasteiger partial charge in [-0.25, -0.2) is 0 Å². The fourth-order valence-corrected chi connectivity index (χ4v) is 0. The summed E-state index contributed by atoms with van der Waals surface area (Å²) in [7, 11) is 0. The fraction of sp³-hybridized carbons (Fsp3) is 0. The van der Waals surface area contributed by atoms with Crippen LogP contribution in [0.3, 0.4) is 0 Å². The molecule has 0 heterocycles. The summed E-state index contributed by atoms with van der Waals surface area (Å²) in [6, 6.07) is 0. The molecule has 0 aromatic heterocycles. The molecule has 7 radical (unpaired) electrons. The van der Waals surface area contributed by atoms with Crippen molar-refractivity contribution < 1.29 is 157 Å². The Labute approximate surface area is 153 Å². The van der Waals surface area contributed by atoms with Crippen LogP contribution in [-0.2, 0) is 157 Å². The van der Waals surface area contributed by atoms with E-state index >= 15 is 0 Å². The Morgan fingerprint density at radius 1 is 0.143 bits per heavy atom. The summed E-state index contributed by atoms with van der Waals surface area (Å²) in [6.45, 7) is 0. The average molecular weight is 755 g/mol. The van der Waals surface area contributed by atoms with Crippen molar-refractivity contribution in [1.29, 1.82) is 0 Å². The third-order valence-corrected chi connectivity index (χ3v) is 0. The van der Waals surface area contributed by atoms with Crippen LogP contribution < -0.4 is 0 Å². The summed E-state index contributed by atoms with van der Waals surface area (Å²) in [4.78, 5) is 0. The first-order chi connectivity index (χ1) is 0. The van der Waals surface area contributed by atoms with E-state index in [4.69, 9.17) is 0 Å². The minimum atomic E-state index is 0. The summed E-state index contributed by atoms with van der Waals surface area (Å²) in [5.74, 6) is 0. The normalized spacial score (nSPS) is 0. The number of hydrogen-bond acceptors (Lipinski definition) is 0. The van der Waals surface area contributed by atoms with Crippen LogP contribution in [0.4, 0.5) is 0 Å². The summed E-state index contributed by atoms with van der Waals surface area (Å²) in [5.41, 5.74) is 0. The molecule has 0 atom stereocenters. The molecule has 0 aliphatic carbocycles. The predicted octanol–water partition coefficient (Wildman–Crippen LogP) is -0.0175. The van der Waals surface area contributed by atoms with Gasteiger partial charge in [0.25, 0.3) is 0 Å². The molecule has 0 nitrogen and oxygen atoms in total. The van der Waals surface area contributed by atoms with Crippen LogP contribution in [-0.4, -0.2) is 0 Å². The van der Waals surface area contributed by atoms with E-state index in [1.54, 1.807) is 0 Å². The van der Waals surface area contributed by atoms with E-state index in [9.17, 15) is 0 Å². The van der Waals surface area contributed by atoms with Gasteiger partial charge in [-0.1, -0.05) is 0 Å². The summed E-state index contributed by atoms with van der Waals surface area (Å²) < 4.78 is 0. The van der Waals surface area contributed by atoms with Crippen molar-refractivity contribution in [3.63, 3.8) is 0 Å². The Bertz CT molecular complexity index is 0. The zero-order valence-electron chi connectivity index (χ0n) is 2.11. The first kappa shape index (κ1) is 56.7. The molecule has 0 fully saturated rings. The predicted molar refractivity (Wildman–Crippen MR) is 0 cm³/mol. The largest absolute Gasteiger partial charge is 0 e. The molecule has 0 rings (SSSR count). The summed E-state index contributed by atoms with van der Waals surface area (Å²) in [6.07, 6.45) is 0. The average Bonchev–Trinajstić information content (AvgIpc) is 0. The van der Waals surface area contributed by atoms with Crippen LogP contribution >= 0.6 is 0 Å². The SMILES string of the molecule is [Ag].[Ag].[Ag].[Ag].[Ag].[Ag].[Ag]. The van der Waals surface area contributed by atoms with E-state index in [-0.39, 0.29) is 157 Å². The van der Waals surface area contributed by atoms with Gasteiger partial charge >= 0.3 is 0 Å². The second-order valence-corrected chi connectivity index (χ2v) is 0. The fourth-order valence-electron chi connectivity index (χ4n) is 0. The number of rotatable bonds is 0. The Morgan fingerprint density at radius 2 is 0.143 bits per heavy atom. The molecule has 0 aromatic rings. The first-order valence-corrected chi connectivity index (χ1v) is 0. The summed E-state index contributed by atoms with van der Waals surface area (Å²) in [5, 5.41) is 0. The molecular formula is Ag7. The molecule has 77 valence electrons. The van der Waals surface area contributed by atoms with Crippen molar-refractivity contribution in [2.24, 2.45) is 0 Å². The van der Waals surface area contributed by atoms with E-state index < -0.39 is 0 Å². The topological polar surface area (TPSA) is 0 Å². The van der Waals surface area contributed by atoms with Gasteiger partial charge in [-0.15, -0.1) is 0 Å². The standard InChI is InChI=1S/7Ag. The van der Waals surface area contributed by atoms with Gasteiger partial charge in [0.1, 0.15) is 0 Å². The van der Waals surface area contributed by atoms with Crippen molar-refractivity contribution in [1.82, 2.24) is 0 Å². The monoisotopic (exact) mass is 748 g/mol. The van der Waals surface area contributed by atoms with Gasteiger partial charge in [-0.05, 0) is 0 Å². The van der Waals surface area contributed by atoms with Crippen molar-refractivity contribution >= 4 is 0 Å². The van der Waals surface area contributed by atoms with Crippen molar-refractivity contribution in [2.45, 2.75) is 0 Å². The maximum absolute atomic E-state index is 0. The molecule has 0 aliphatic rings. The maximum atomic E-state index is 0. The maximum Gasteiger partial charge on any atom is 0 e. The van der Waals surface area contributed by atoms with Crippen LogP contribution in [0.5, 0.6) is 0 Å². The van der Waals surface area contributed by atoms with E-state index in [1.165, 1.54) is 0 Å². The molecule has 0 N–H and O–H groups in total. The molecule has 0 unspecified atom stereocenters. The summed E-state index contributed by atoms with van der Waals surface area (Å²) >= 11 is 0. The van der Waals surface area contributed by atoms with E-state index in [1.807, 2.05) is 0 Å². The molecule has 7 heteroatoms. The van der Waals surface area contributed by atoms with E-state index in [0.717, 1.165) is 0 Å². The van der Waals surface area contributed by atoms with Gasteiger partial charge < -0.3 is 0 Å². The minimum Gasteiger partial charge on any atom is 0 e. The molecule has 0 bridgehead atoms. The van der Waals surface area contributed by atoms with Crippen molar-refractivity contribution in [3.05, 3.63) is 0 Å². The molecule has 0 saturated carbocycles. The van der Waals surface area contributed by atoms with Gasteiger partial charge in [0.15, 0.2) is 0 Å². The Morgan fingerprint density at radius 3 is 0.143 bits per heavy atom. The van der Waals surface area contributed by atoms with Crippen LogP contribution in [0.1, 0.15) is 0 Å². The molecule has 0 aliphatic heterocycles.